The van der Waals surface area contributed by atoms with E-state index in [4.69, 9.17) is 4.74 Å². The zero-order chi connectivity index (χ0) is 16.0. The van der Waals surface area contributed by atoms with Gasteiger partial charge in [0, 0.05) is 47.0 Å². The van der Waals surface area contributed by atoms with Gasteiger partial charge in [0.1, 0.15) is 5.82 Å². The van der Waals surface area contributed by atoms with Crippen LogP contribution in [0.2, 0.25) is 0 Å². The van der Waals surface area contributed by atoms with Crippen LogP contribution < -0.4 is 15.5 Å². The summed E-state index contributed by atoms with van der Waals surface area (Å²) in [6.45, 7) is 4.48. The van der Waals surface area contributed by atoms with E-state index in [1.165, 1.54) is 5.56 Å². The molecule has 1 saturated heterocycles. The molecule has 1 fully saturated rings. The number of hydrogen-bond donors (Lipinski definition) is 2. The fourth-order valence-corrected chi connectivity index (χ4v) is 2.47. The summed E-state index contributed by atoms with van der Waals surface area (Å²) < 4.78 is 5.78. The molecule has 1 unspecified atom stereocenters. The summed E-state index contributed by atoms with van der Waals surface area (Å²) >= 11 is 0. The van der Waals surface area contributed by atoms with Gasteiger partial charge in [-0.3, -0.25) is 4.99 Å². The zero-order valence-electron chi connectivity index (χ0n) is 14.4. The summed E-state index contributed by atoms with van der Waals surface area (Å²) in [5.74, 6) is 1.74. The Bertz CT molecular complexity index is 515. The highest BCUT2D eigenvalue weighted by Crippen LogP contribution is 2.23. The van der Waals surface area contributed by atoms with Crippen LogP contribution in [0.3, 0.4) is 0 Å². The van der Waals surface area contributed by atoms with E-state index in [1.54, 1.807) is 7.05 Å². The lowest BCUT2D eigenvalue weighted by molar-refractivity contribution is 0.0243. The van der Waals surface area contributed by atoms with Crippen molar-refractivity contribution >= 4 is 35.8 Å². The molecule has 0 bridgehead atoms. The maximum atomic E-state index is 5.78. The number of guanidine groups is 1. The van der Waals surface area contributed by atoms with Gasteiger partial charge >= 0.3 is 0 Å². The summed E-state index contributed by atoms with van der Waals surface area (Å²) in [5, 5.41) is 6.68. The predicted octanol–water partition coefficient (Wildman–Crippen LogP) is 2.00. The Hall–Kier alpha value is -1.09. The van der Waals surface area contributed by atoms with Gasteiger partial charge in [0.15, 0.2) is 5.96 Å². The molecule has 0 saturated carbocycles. The molecule has 0 radical (unpaired) electrons. The van der Waals surface area contributed by atoms with E-state index in [9.17, 15) is 0 Å². The van der Waals surface area contributed by atoms with Gasteiger partial charge < -0.3 is 20.3 Å². The molecule has 1 aromatic heterocycles. The Balaban J connectivity index is 0.00000264. The average molecular weight is 433 g/mol. The molecule has 1 aliphatic rings. The average Bonchev–Trinajstić information content (AvgIpc) is 2.95. The maximum Gasteiger partial charge on any atom is 0.191 e. The smallest absolute Gasteiger partial charge is 0.191 e. The van der Waals surface area contributed by atoms with Crippen LogP contribution in [0.5, 0.6) is 0 Å². The van der Waals surface area contributed by atoms with E-state index >= 15 is 0 Å². The largest absolute Gasteiger partial charge is 0.373 e. The van der Waals surface area contributed by atoms with Crippen molar-refractivity contribution < 1.29 is 4.74 Å². The summed E-state index contributed by atoms with van der Waals surface area (Å²) in [7, 11) is 5.76. The number of nitrogens with zero attached hydrogens (tertiary/aromatic N) is 3. The minimum atomic E-state index is -0.0770. The first kappa shape index (κ1) is 20.0. The fourth-order valence-electron chi connectivity index (χ4n) is 2.47. The van der Waals surface area contributed by atoms with Crippen LogP contribution in [0.4, 0.5) is 5.82 Å². The van der Waals surface area contributed by atoms with Gasteiger partial charge in [-0.2, -0.15) is 0 Å². The second-order valence-corrected chi connectivity index (χ2v) is 6.10. The number of aliphatic imine (C=N–C) groups is 1. The van der Waals surface area contributed by atoms with Crippen molar-refractivity contribution in [3.8, 4) is 0 Å². The van der Waals surface area contributed by atoms with Crippen molar-refractivity contribution in [3.05, 3.63) is 23.9 Å². The molecule has 0 spiro atoms. The highest BCUT2D eigenvalue weighted by atomic mass is 127. The van der Waals surface area contributed by atoms with E-state index in [-0.39, 0.29) is 29.6 Å². The molecule has 1 aromatic rings. The molecular formula is C16H28IN5O. The summed E-state index contributed by atoms with van der Waals surface area (Å²) in [4.78, 5) is 10.6. The van der Waals surface area contributed by atoms with Crippen molar-refractivity contribution in [3.63, 3.8) is 0 Å². The number of aromatic nitrogens is 1. The van der Waals surface area contributed by atoms with E-state index in [0.29, 0.717) is 6.54 Å². The van der Waals surface area contributed by atoms with E-state index < -0.39 is 0 Å². The molecule has 130 valence electrons. The van der Waals surface area contributed by atoms with Gasteiger partial charge in [-0.25, -0.2) is 4.98 Å². The fraction of sp³-hybridized carbons (Fsp3) is 0.625. The van der Waals surface area contributed by atoms with Crippen LogP contribution in [0.25, 0.3) is 0 Å². The molecule has 0 aliphatic carbocycles. The Morgan fingerprint density at radius 2 is 2.22 bits per heavy atom. The van der Waals surface area contributed by atoms with Crippen molar-refractivity contribution in [2.45, 2.75) is 31.9 Å². The lowest BCUT2D eigenvalue weighted by atomic mass is 10.0. The highest BCUT2D eigenvalue weighted by Gasteiger charge is 2.29. The molecule has 6 nitrogen and oxygen atoms in total. The Labute approximate surface area is 156 Å². The molecule has 1 atom stereocenters. The molecule has 2 N–H and O–H groups in total. The third kappa shape index (κ3) is 6.14. The van der Waals surface area contributed by atoms with Gasteiger partial charge in [0.25, 0.3) is 0 Å². The molecule has 0 amide bonds. The Morgan fingerprint density at radius 1 is 1.43 bits per heavy atom. The van der Waals surface area contributed by atoms with Gasteiger partial charge in [-0.15, -0.1) is 24.0 Å². The monoisotopic (exact) mass is 433 g/mol. The minimum Gasteiger partial charge on any atom is -0.373 e. The molecule has 23 heavy (non-hydrogen) atoms. The molecule has 7 heteroatoms. The number of hydrogen-bond acceptors (Lipinski definition) is 4. The third-order valence-corrected chi connectivity index (χ3v) is 3.88. The second kappa shape index (κ2) is 9.27. The van der Waals surface area contributed by atoms with Crippen molar-refractivity contribution in [1.29, 1.82) is 0 Å². The summed E-state index contributed by atoms with van der Waals surface area (Å²) in [6, 6.07) is 4.08. The van der Waals surface area contributed by atoms with Crippen molar-refractivity contribution in [2.24, 2.45) is 4.99 Å². The van der Waals surface area contributed by atoms with Gasteiger partial charge in [-0.05, 0) is 37.5 Å². The van der Waals surface area contributed by atoms with Gasteiger partial charge in [0.05, 0.1) is 5.60 Å². The van der Waals surface area contributed by atoms with Crippen LogP contribution >= 0.6 is 24.0 Å². The van der Waals surface area contributed by atoms with Crippen LogP contribution in [0, 0.1) is 0 Å². The number of anilines is 1. The van der Waals surface area contributed by atoms with Crippen LogP contribution in [-0.2, 0) is 11.3 Å². The van der Waals surface area contributed by atoms with Gasteiger partial charge in [-0.1, -0.05) is 0 Å². The lowest BCUT2D eigenvalue weighted by Crippen LogP contribution is -2.45. The molecular weight excluding hydrogens is 405 g/mol. The van der Waals surface area contributed by atoms with Gasteiger partial charge in [0.2, 0.25) is 0 Å². The zero-order valence-corrected chi connectivity index (χ0v) is 16.8. The van der Waals surface area contributed by atoms with Crippen LogP contribution in [-0.4, -0.2) is 50.8 Å². The highest BCUT2D eigenvalue weighted by molar-refractivity contribution is 14.0. The molecule has 0 aromatic carbocycles. The van der Waals surface area contributed by atoms with E-state index in [0.717, 1.165) is 37.8 Å². The first-order valence-corrected chi connectivity index (χ1v) is 7.73. The van der Waals surface area contributed by atoms with Crippen LogP contribution in [0.15, 0.2) is 23.3 Å². The summed E-state index contributed by atoms with van der Waals surface area (Å²) in [6.07, 6.45) is 4.05. The first-order valence-electron chi connectivity index (χ1n) is 7.73. The van der Waals surface area contributed by atoms with E-state index in [1.807, 2.05) is 31.3 Å². The molecule has 2 rings (SSSR count). The number of halogens is 1. The maximum absolute atomic E-state index is 5.78. The van der Waals surface area contributed by atoms with E-state index in [2.05, 4.69) is 33.6 Å². The predicted molar refractivity (Wildman–Crippen MR) is 106 cm³/mol. The standard InChI is InChI=1S/C16H27N5O.HI/c1-16(7-5-9-22-16)12-20-15(17-2)19-11-13-6-8-18-14(10-13)21(3)4;/h6,8,10H,5,7,9,11-12H2,1-4H3,(H2,17,19,20);1H. The third-order valence-electron chi connectivity index (χ3n) is 3.88. The lowest BCUT2D eigenvalue weighted by Gasteiger charge is -2.24. The number of rotatable bonds is 5. The van der Waals surface area contributed by atoms with Crippen molar-refractivity contribution in [1.82, 2.24) is 15.6 Å². The SMILES string of the molecule is CN=C(NCc1ccnc(N(C)C)c1)NCC1(C)CCCO1.I. The number of pyridine rings is 1. The first-order chi connectivity index (χ1) is 10.5. The number of nitrogens with one attached hydrogen (secondary N) is 2. The molecule has 1 aliphatic heterocycles. The van der Waals surface area contributed by atoms with Crippen molar-refractivity contribution in [2.75, 3.05) is 39.2 Å². The minimum absolute atomic E-state index is 0. The summed E-state index contributed by atoms with van der Waals surface area (Å²) in [5.41, 5.74) is 1.09. The normalized spacial score (nSPS) is 20.8. The number of ether oxygens (including phenoxy) is 1. The quantitative estimate of drug-likeness (QED) is 0.423. The topological polar surface area (TPSA) is 61.8 Å². The Kier molecular flexibility index (Phi) is 8.04. The van der Waals surface area contributed by atoms with Crippen LogP contribution in [0.1, 0.15) is 25.3 Å². The molecule has 2 heterocycles. The second-order valence-electron chi connectivity index (χ2n) is 6.10. The Morgan fingerprint density at radius 3 is 2.83 bits per heavy atom.